The van der Waals surface area contributed by atoms with E-state index in [2.05, 4.69) is 10.3 Å². The summed E-state index contributed by atoms with van der Waals surface area (Å²) in [6.07, 6.45) is 1.12. The van der Waals surface area contributed by atoms with Crippen LogP contribution in [0.5, 0.6) is 5.75 Å². The molecule has 0 aliphatic carbocycles. The number of nitrogens with zero attached hydrogens (tertiary/aromatic N) is 2. The molecule has 1 atom stereocenters. The van der Waals surface area contributed by atoms with Gasteiger partial charge in [-0.2, -0.15) is 0 Å². The molecule has 1 aromatic carbocycles. The summed E-state index contributed by atoms with van der Waals surface area (Å²) in [5.74, 6) is 2.26. The van der Waals surface area contributed by atoms with Gasteiger partial charge in [-0.15, -0.1) is 0 Å². The fourth-order valence-corrected chi connectivity index (χ4v) is 2.56. The number of aryl methyl sites for hydroxylation is 1. The topological polar surface area (TPSA) is 47.0 Å². The van der Waals surface area contributed by atoms with Crippen LogP contribution in [-0.2, 0) is 0 Å². The lowest BCUT2D eigenvalue weighted by Gasteiger charge is -2.10. The number of hydrogen-bond donors (Lipinski definition) is 1. The van der Waals surface area contributed by atoms with Crippen molar-refractivity contribution in [3.63, 3.8) is 0 Å². The zero-order chi connectivity index (χ0) is 13.9. The van der Waals surface area contributed by atoms with Gasteiger partial charge in [0.05, 0.1) is 12.8 Å². The summed E-state index contributed by atoms with van der Waals surface area (Å²) in [5.41, 5.74) is 3.11. The molecule has 104 valence electrons. The van der Waals surface area contributed by atoms with Crippen molar-refractivity contribution in [3.8, 4) is 17.0 Å². The van der Waals surface area contributed by atoms with E-state index in [9.17, 15) is 0 Å². The minimum absolute atomic E-state index is 0.437. The number of rotatable bonds is 3. The summed E-state index contributed by atoms with van der Waals surface area (Å²) in [6, 6.07) is 10.0. The molecule has 4 nitrogen and oxygen atoms in total. The van der Waals surface area contributed by atoms with Crippen molar-refractivity contribution in [2.75, 3.05) is 20.2 Å². The van der Waals surface area contributed by atoms with Gasteiger partial charge in [-0.05, 0) is 50.2 Å². The fourth-order valence-electron chi connectivity index (χ4n) is 2.56. The molecule has 20 heavy (non-hydrogen) atoms. The summed E-state index contributed by atoms with van der Waals surface area (Å²) in [5, 5.41) is 3.37. The van der Waals surface area contributed by atoms with Gasteiger partial charge in [0.15, 0.2) is 0 Å². The average Bonchev–Trinajstić information content (AvgIpc) is 3.01. The van der Waals surface area contributed by atoms with Gasteiger partial charge in [0.25, 0.3) is 0 Å². The second-order valence-electron chi connectivity index (χ2n) is 5.17. The number of aromatic nitrogens is 2. The molecular weight excluding hydrogens is 250 g/mol. The first kappa shape index (κ1) is 13.1. The third kappa shape index (κ3) is 2.65. The van der Waals surface area contributed by atoms with Crippen molar-refractivity contribution in [2.45, 2.75) is 19.3 Å². The van der Waals surface area contributed by atoms with E-state index in [1.165, 1.54) is 0 Å². The number of nitrogens with one attached hydrogen (secondary N) is 1. The molecule has 0 spiro atoms. The van der Waals surface area contributed by atoms with Crippen LogP contribution in [0.3, 0.4) is 0 Å². The smallest absolute Gasteiger partial charge is 0.133 e. The van der Waals surface area contributed by atoms with Crippen LogP contribution in [0.1, 0.15) is 23.9 Å². The monoisotopic (exact) mass is 269 g/mol. The lowest BCUT2D eigenvalue weighted by atomic mass is 10.1. The Kier molecular flexibility index (Phi) is 3.65. The zero-order valence-corrected chi connectivity index (χ0v) is 11.9. The molecule has 1 N–H and O–H groups in total. The van der Waals surface area contributed by atoms with Crippen LogP contribution < -0.4 is 10.1 Å². The number of ether oxygens (including phenoxy) is 1. The van der Waals surface area contributed by atoms with Crippen molar-refractivity contribution in [1.82, 2.24) is 15.3 Å². The summed E-state index contributed by atoms with van der Waals surface area (Å²) >= 11 is 0. The molecule has 1 aromatic heterocycles. The highest BCUT2D eigenvalue weighted by atomic mass is 16.5. The summed E-state index contributed by atoms with van der Waals surface area (Å²) in [4.78, 5) is 9.35. The van der Waals surface area contributed by atoms with Gasteiger partial charge in [-0.3, -0.25) is 0 Å². The molecule has 0 amide bonds. The maximum atomic E-state index is 5.19. The van der Waals surface area contributed by atoms with Crippen molar-refractivity contribution in [3.05, 3.63) is 41.9 Å². The van der Waals surface area contributed by atoms with E-state index < -0.39 is 0 Å². The molecule has 0 bridgehead atoms. The SMILES string of the molecule is COc1ccc(-c2cc(C)nc(C3CCNC3)n2)cc1. The Balaban J connectivity index is 1.95. The van der Waals surface area contributed by atoms with Crippen LogP contribution in [-0.4, -0.2) is 30.2 Å². The lowest BCUT2D eigenvalue weighted by Crippen LogP contribution is -2.11. The molecule has 0 radical (unpaired) electrons. The molecule has 2 heterocycles. The first-order valence-electron chi connectivity index (χ1n) is 6.97. The molecule has 1 unspecified atom stereocenters. The molecule has 1 saturated heterocycles. The maximum absolute atomic E-state index is 5.19. The predicted molar refractivity (Wildman–Crippen MR) is 79.0 cm³/mol. The maximum Gasteiger partial charge on any atom is 0.133 e. The van der Waals surface area contributed by atoms with Crippen molar-refractivity contribution in [2.24, 2.45) is 0 Å². The van der Waals surface area contributed by atoms with Crippen molar-refractivity contribution >= 4 is 0 Å². The van der Waals surface area contributed by atoms with Gasteiger partial charge < -0.3 is 10.1 Å². The van der Waals surface area contributed by atoms with Gasteiger partial charge in [0, 0.05) is 23.7 Å². The summed E-state index contributed by atoms with van der Waals surface area (Å²) in [7, 11) is 1.68. The first-order chi connectivity index (χ1) is 9.76. The van der Waals surface area contributed by atoms with E-state index in [0.29, 0.717) is 5.92 Å². The van der Waals surface area contributed by atoms with Crippen LogP contribution in [0, 0.1) is 6.92 Å². The highest BCUT2D eigenvalue weighted by Gasteiger charge is 2.20. The van der Waals surface area contributed by atoms with Crippen LogP contribution in [0.2, 0.25) is 0 Å². The molecule has 1 aliphatic rings. The number of hydrogen-bond acceptors (Lipinski definition) is 4. The Labute approximate surface area is 119 Å². The van der Waals surface area contributed by atoms with Crippen LogP contribution >= 0.6 is 0 Å². The third-order valence-corrected chi connectivity index (χ3v) is 3.68. The minimum atomic E-state index is 0.437. The Morgan fingerprint density at radius 3 is 2.65 bits per heavy atom. The highest BCUT2D eigenvalue weighted by molar-refractivity contribution is 5.60. The summed E-state index contributed by atoms with van der Waals surface area (Å²) in [6.45, 7) is 4.06. The molecule has 3 rings (SSSR count). The van der Waals surface area contributed by atoms with E-state index in [4.69, 9.17) is 9.72 Å². The molecule has 2 aromatic rings. The Morgan fingerprint density at radius 2 is 2.00 bits per heavy atom. The summed E-state index contributed by atoms with van der Waals surface area (Å²) < 4.78 is 5.19. The molecular formula is C16H19N3O. The molecule has 1 fully saturated rings. The lowest BCUT2D eigenvalue weighted by molar-refractivity contribution is 0.415. The van der Waals surface area contributed by atoms with Crippen molar-refractivity contribution in [1.29, 1.82) is 0 Å². The van der Waals surface area contributed by atoms with Gasteiger partial charge in [-0.25, -0.2) is 9.97 Å². The predicted octanol–water partition coefficient (Wildman–Crippen LogP) is 2.54. The van der Waals surface area contributed by atoms with Crippen LogP contribution in [0.15, 0.2) is 30.3 Å². The average molecular weight is 269 g/mol. The standard InChI is InChI=1S/C16H19N3O/c1-11-9-15(12-3-5-14(20-2)6-4-12)19-16(18-11)13-7-8-17-10-13/h3-6,9,13,17H,7-8,10H2,1-2H3. The molecule has 0 saturated carbocycles. The fraction of sp³-hybridized carbons (Fsp3) is 0.375. The van der Waals surface area contributed by atoms with E-state index >= 15 is 0 Å². The second kappa shape index (κ2) is 5.59. The second-order valence-corrected chi connectivity index (χ2v) is 5.17. The minimum Gasteiger partial charge on any atom is -0.497 e. The van der Waals surface area contributed by atoms with Crippen LogP contribution in [0.25, 0.3) is 11.3 Å². The Hall–Kier alpha value is -1.94. The van der Waals surface area contributed by atoms with Gasteiger partial charge in [0.1, 0.15) is 11.6 Å². The Morgan fingerprint density at radius 1 is 1.20 bits per heavy atom. The highest BCUT2D eigenvalue weighted by Crippen LogP contribution is 2.25. The largest absolute Gasteiger partial charge is 0.497 e. The quantitative estimate of drug-likeness (QED) is 0.930. The van der Waals surface area contributed by atoms with E-state index in [-0.39, 0.29) is 0 Å². The third-order valence-electron chi connectivity index (χ3n) is 3.68. The van der Waals surface area contributed by atoms with Crippen molar-refractivity contribution < 1.29 is 4.74 Å². The molecule has 4 heteroatoms. The van der Waals surface area contributed by atoms with Gasteiger partial charge in [0.2, 0.25) is 0 Å². The van der Waals surface area contributed by atoms with E-state index in [1.54, 1.807) is 7.11 Å². The number of methoxy groups -OCH3 is 1. The van der Waals surface area contributed by atoms with E-state index in [1.807, 2.05) is 37.3 Å². The van der Waals surface area contributed by atoms with Gasteiger partial charge >= 0.3 is 0 Å². The Bertz CT molecular complexity index is 589. The number of benzene rings is 1. The van der Waals surface area contributed by atoms with Gasteiger partial charge in [-0.1, -0.05) is 0 Å². The molecule has 1 aliphatic heterocycles. The van der Waals surface area contributed by atoms with E-state index in [0.717, 1.165) is 48.0 Å². The normalized spacial score (nSPS) is 18.2. The zero-order valence-electron chi connectivity index (χ0n) is 11.9. The van der Waals surface area contributed by atoms with Crippen LogP contribution in [0.4, 0.5) is 0 Å². The first-order valence-corrected chi connectivity index (χ1v) is 6.97.